The number of hydrogen-bond acceptors (Lipinski definition) is 3. The van der Waals surface area contributed by atoms with Crippen molar-refractivity contribution in [2.75, 3.05) is 0 Å². The lowest BCUT2D eigenvalue weighted by Gasteiger charge is -2.25. The third-order valence-electron chi connectivity index (χ3n) is 1.54. The Morgan fingerprint density at radius 2 is 2.08 bits per heavy atom. The van der Waals surface area contributed by atoms with Crippen molar-refractivity contribution in [2.45, 2.75) is 51.3 Å². The molecule has 1 N–H and O–H groups in total. The molecule has 0 aliphatic heterocycles. The first-order valence-electron chi connectivity index (χ1n) is 4.49. The van der Waals surface area contributed by atoms with E-state index in [1.807, 2.05) is 27.7 Å². The highest BCUT2D eigenvalue weighted by atomic mass is 32.2. The largest absolute Gasteiger partial charge is 0.598 e. The Balaban J connectivity index is 4.03. The topological polar surface area (TPSA) is 58.9 Å². The molecule has 0 bridgehead atoms. The maximum atomic E-state index is 11.6. The molecule has 0 spiro atoms. The Hall–Kier alpha value is -0.240. The van der Waals surface area contributed by atoms with Gasteiger partial charge in [0.15, 0.2) is 0 Å². The summed E-state index contributed by atoms with van der Waals surface area (Å²) in [5, 5.41) is 8.72. The minimum Gasteiger partial charge on any atom is -0.598 e. The van der Waals surface area contributed by atoms with Gasteiger partial charge in [-0.15, -0.1) is 4.72 Å². The van der Waals surface area contributed by atoms with E-state index in [4.69, 9.17) is 5.26 Å². The van der Waals surface area contributed by atoms with Crippen molar-refractivity contribution in [3.63, 3.8) is 0 Å². The van der Waals surface area contributed by atoms with E-state index in [0.29, 0.717) is 0 Å². The fraction of sp³-hybridized carbons (Fsp3) is 0.889. The lowest BCUT2D eigenvalue weighted by atomic mass is 10.2. The van der Waals surface area contributed by atoms with E-state index in [2.05, 4.69) is 10.8 Å². The molecule has 0 aromatic carbocycles. The van der Waals surface area contributed by atoms with Gasteiger partial charge in [0.1, 0.15) is 10.8 Å². The van der Waals surface area contributed by atoms with Crippen LogP contribution in [0.4, 0.5) is 0 Å². The normalized spacial score (nSPS) is 16.3. The van der Waals surface area contributed by atoms with Crippen molar-refractivity contribution >= 4 is 11.4 Å². The molecular formula is C9H18N2OS. The zero-order valence-corrected chi connectivity index (χ0v) is 9.57. The van der Waals surface area contributed by atoms with Gasteiger partial charge in [-0.3, -0.25) is 0 Å². The quantitative estimate of drug-likeness (QED) is 0.706. The summed E-state index contributed by atoms with van der Waals surface area (Å²) in [7, 11) is 0. The molecule has 0 saturated carbocycles. The zero-order chi connectivity index (χ0) is 10.5. The van der Waals surface area contributed by atoms with E-state index in [1.165, 1.54) is 0 Å². The smallest absolute Gasteiger partial charge is 0.139 e. The maximum Gasteiger partial charge on any atom is 0.139 e. The van der Waals surface area contributed by atoms with Crippen LogP contribution in [0, 0.1) is 11.3 Å². The van der Waals surface area contributed by atoms with E-state index in [-0.39, 0.29) is 10.8 Å². The van der Waals surface area contributed by atoms with Crippen LogP contribution in [-0.4, -0.2) is 15.3 Å². The standard InChI is InChI=1S/C9H18N2OS/c1-5-6-8(7-10)11-13(12)9(2,3)4/h8,11H,5-6H2,1-4H3. The van der Waals surface area contributed by atoms with Crippen molar-refractivity contribution in [3.8, 4) is 6.07 Å². The second-order valence-corrected chi connectivity index (χ2v) is 5.97. The Morgan fingerprint density at radius 1 is 1.54 bits per heavy atom. The summed E-state index contributed by atoms with van der Waals surface area (Å²) in [6, 6.07) is 1.81. The van der Waals surface area contributed by atoms with E-state index < -0.39 is 11.4 Å². The molecule has 2 atom stereocenters. The van der Waals surface area contributed by atoms with Crippen LogP contribution in [-0.2, 0) is 11.4 Å². The van der Waals surface area contributed by atoms with Crippen molar-refractivity contribution in [1.82, 2.24) is 4.72 Å². The Bertz CT molecular complexity index is 183. The molecular weight excluding hydrogens is 184 g/mol. The molecule has 76 valence electrons. The molecule has 0 aliphatic rings. The number of hydrogen-bond donors (Lipinski definition) is 1. The highest BCUT2D eigenvalue weighted by Gasteiger charge is 2.28. The first-order chi connectivity index (χ1) is 5.91. The highest BCUT2D eigenvalue weighted by Crippen LogP contribution is 2.14. The fourth-order valence-electron chi connectivity index (χ4n) is 0.744. The average molecular weight is 202 g/mol. The number of rotatable bonds is 4. The van der Waals surface area contributed by atoms with Gasteiger partial charge < -0.3 is 4.55 Å². The molecule has 4 heteroatoms. The van der Waals surface area contributed by atoms with Crippen molar-refractivity contribution < 1.29 is 4.55 Å². The third kappa shape index (κ3) is 5.14. The minimum absolute atomic E-state index is 0.287. The number of nitriles is 1. The zero-order valence-electron chi connectivity index (χ0n) is 8.76. The summed E-state index contributed by atoms with van der Waals surface area (Å²) in [6.45, 7) is 7.66. The lowest BCUT2D eigenvalue weighted by Crippen LogP contribution is -2.44. The van der Waals surface area contributed by atoms with Crippen LogP contribution in [0.25, 0.3) is 0 Å². The summed E-state index contributed by atoms with van der Waals surface area (Å²) in [6.07, 6.45) is 1.67. The molecule has 0 aromatic rings. The van der Waals surface area contributed by atoms with Gasteiger partial charge in [0, 0.05) is 11.4 Å². The molecule has 0 amide bonds. The lowest BCUT2D eigenvalue weighted by molar-refractivity contribution is 0.529. The predicted octanol–water partition coefficient (Wildman–Crippen LogP) is 1.73. The van der Waals surface area contributed by atoms with Gasteiger partial charge in [-0.2, -0.15) is 5.26 Å². The molecule has 0 aromatic heterocycles. The Morgan fingerprint density at radius 3 is 2.38 bits per heavy atom. The summed E-state index contributed by atoms with van der Waals surface area (Å²) in [5.41, 5.74) is 0. The molecule has 0 saturated heterocycles. The van der Waals surface area contributed by atoms with E-state index >= 15 is 0 Å². The molecule has 13 heavy (non-hydrogen) atoms. The van der Waals surface area contributed by atoms with Gasteiger partial charge >= 0.3 is 0 Å². The van der Waals surface area contributed by atoms with Gasteiger partial charge in [-0.25, -0.2) is 0 Å². The van der Waals surface area contributed by atoms with E-state index in [0.717, 1.165) is 12.8 Å². The maximum absolute atomic E-state index is 11.6. The second-order valence-electron chi connectivity index (χ2n) is 3.97. The van der Waals surface area contributed by atoms with Gasteiger partial charge in [0.2, 0.25) is 0 Å². The average Bonchev–Trinajstić information content (AvgIpc) is 2.01. The fourth-order valence-corrected chi connectivity index (χ4v) is 1.53. The van der Waals surface area contributed by atoms with Gasteiger partial charge in [-0.1, -0.05) is 13.3 Å². The van der Waals surface area contributed by atoms with Crippen LogP contribution in [0.5, 0.6) is 0 Å². The van der Waals surface area contributed by atoms with Crippen LogP contribution in [0.15, 0.2) is 0 Å². The minimum atomic E-state index is -1.14. The summed E-state index contributed by atoms with van der Waals surface area (Å²) in [4.78, 5) is 0. The molecule has 0 heterocycles. The van der Waals surface area contributed by atoms with Crippen molar-refractivity contribution in [1.29, 1.82) is 5.26 Å². The van der Waals surface area contributed by atoms with Gasteiger partial charge in [0.05, 0.1) is 6.07 Å². The molecule has 3 nitrogen and oxygen atoms in total. The third-order valence-corrected chi connectivity index (χ3v) is 3.15. The Kier molecular flexibility index (Phi) is 5.38. The first-order valence-corrected chi connectivity index (χ1v) is 5.64. The van der Waals surface area contributed by atoms with Crippen LogP contribution >= 0.6 is 0 Å². The molecule has 0 aliphatic carbocycles. The van der Waals surface area contributed by atoms with E-state index in [1.54, 1.807) is 0 Å². The number of nitrogens with one attached hydrogen (secondary N) is 1. The monoisotopic (exact) mass is 202 g/mol. The van der Waals surface area contributed by atoms with Crippen molar-refractivity contribution in [3.05, 3.63) is 0 Å². The molecule has 0 radical (unpaired) electrons. The van der Waals surface area contributed by atoms with Gasteiger partial charge in [-0.05, 0) is 27.2 Å². The van der Waals surface area contributed by atoms with Crippen LogP contribution in [0.2, 0.25) is 0 Å². The predicted molar refractivity (Wildman–Crippen MR) is 55.3 cm³/mol. The first kappa shape index (κ1) is 12.8. The van der Waals surface area contributed by atoms with Crippen LogP contribution in [0.3, 0.4) is 0 Å². The highest BCUT2D eigenvalue weighted by molar-refractivity contribution is 7.90. The van der Waals surface area contributed by atoms with E-state index in [9.17, 15) is 4.55 Å². The SMILES string of the molecule is CCCC(C#N)N[S+]([O-])C(C)(C)C. The molecule has 0 rings (SSSR count). The van der Waals surface area contributed by atoms with Crippen LogP contribution in [0.1, 0.15) is 40.5 Å². The summed E-state index contributed by atoms with van der Waals surface area (Å²) < 4.78 is 14.1. The second kappa shape index (κ2) is 5.48. The van der Waals surface area contributed by atoms with Crippen LogP contribution < -0.4 is 4.72 Å². The number of nitrogens with zero attached hydrogens (tertiary/aromatic N) is 1. The summed E-state index contributed by atoms with van der Waals surface area (Å²) >= 11 is -1.14. The molecule has 0 fully saturated rings. The Labute approximate surface area is 83.8 Å². The van der Waals surface area contributed by atoms with Gasteiger partial charge in [0.25, 0.3) is 0 Å². The molecule has 2 unspecified atom stereocenters. The van der Waals surface area contributed by atoms with Crippen molar-refractivity contribution in [2.24, 2.45) is 0 Å². The summed E-state index contributed by atoms with van der Waals surface area (Å²) in [5.74, 6) is 0.